The summed E-state index contributed by atoms with van der Waals surface area (Å²) in [5.74, 6) is 1.76. The first-order valence-corrected chi connectivity index (χ1v) is 9.70. The molecule has 1 aliphatic rings. The van der Waals surface area contributed by atoms with Crippen LogP contribution in [0, 0.1) is 0 Å². The number of benzene rings is 2. The molecular formula is C23H30O. The minimum Gasteiger partial charge on any atom is -0.494 e. The predicted octanol–water partition coefficient (Wildman–Crippen LogP) is 6.97. The molecule has 3 rings (SSSR count). The van der Waals surface area contributed by atoms with Crippen LogP contribution in [0.3, 0.4) is 0 Å². The van der Waals surface area contributed by atoms with Crippen molar-refractivity contribution >= 4 is 0 Å². The fourth-order valence-electron chi connectivity index (χ4n) is 3.67. The minimum atomic E-state index is 0.784. The van der Waals surface area contributed by atoms with E-state index in [4.69, 9.17) is 4.74 Å². The van der Waals surface area contributed by atoms with E-state index in [1.165, 1.54) is 61.6 Å². The lowest BCUT2D eigenvalue weighted by atomic mass is 9.84. The molecule has 0 aliphatic heterocycles. The SMILES string of the molecule is CCCCCOc1ccc(-c2ccc(C3CCCCC3)cc2)cc1. The van der Waals surface area contributed by atoms with E-state index < -0.39 is 0 Å². The van der Waals surface area contributed by atoms with Gasteiger partial charge in [-0.1, -0.05) is 75.4 Å². The number of hydrogen-bond donors (Lipinski definition) is 0. The van der Waals surface area contributed by atoms with Crippen molar-refractivity contribution in [1.82, 2.24) is 0 Å². The van der Waals surface area contributed by atoms with Crippen LogP contribution >= 0.6 is 0 Å². The van der Waals surface area contributed by atoms with Gasteiger partial charge < -0.3 is 4.74 Å². The molecule has 0 saturated heterocycles. The molecule has 2 aromatic rings. The molecule has 0 bridgehead atoms. The maximum atomic E-state index is 5.80. The summed E-state index contributed by atoms with van der Waals surface area (Å²) in [6, 6.07) is 17.8. The van der Waals surface area contributed by atoms with Crippen LogP contribution < -0.4 is 4.74 Å². The Morgan fingerprint density at radius 2 is 1.42 bits per heavy atom. The summed E-state index contributed by atoms with van der Waals surface area (Å²) in [5.41, 5.74) is 4.09. The summed E-state index contributed by atoms with van der Waals surface area (Å²) >= 11 is 0. The Balaban J connectivity index is 1.59. The van der Waals surface area contributed by atoms with Crippen molar-refractivity contribution in [3.63, 3.8) is 0 Å². The van der Waals surface area contributed by atoms with E-state index in [1.54, 1.807) is 0 Å². The van der Waals surface area contributed by atoms with Crippen LogP contribution in [0.2, 0.25) is 0 Å². The van der Waals surface area contributed by atoms with Gasteiger partial charge in [0.1, 0.15) is 5.75 Å². The third-order valence-corrected chi connectivity index (χ3v) is 5.19. The summed E-state index contributed by atoms with van der Waals surface area (Å²) in [6.07, 6.45) is 10.6. The van der Waals surface area contributed by atoms with E-state index in [0.29, 0.717) is 0 Å². The van der Waals surface area contributed by atoms with Crippen LogP contribution in [0.15, 0.2) is 48.5 Å². The van der Waals surface area contributed by atoms with Crippen molar-refractivity contribution < 1.29 is 4.74 Å². The van der Waals surface area contributed by atoms with Crippen LogP contribution in [-0.4, -0.2) is 6.61 Å². The predicted molar refractivity (Wildman–Crippen MR) is 103 cm³/mol. The third kappa shape index (κ3) is 4.63. The molecule has 0 atom stereocenters. The Hall–Kier alpha value is -1.76. The normalized spacial score (nSPS) is 15.4. The zero-order valence-corrected chi connectivity index (χ0v) is 15.0. The van der Waals surface area contributed by atoms with Crippen molar-refractivity contribution in [2.75, 3.05) is 6.61 Å². The minimum absolute atomic E-state index is 0.784. The van der Waals surface area contributed by atoms with Gasteiger partial charge in [-0.05, 0) is 54.0 Å². The smallest absolute Gasteiger partial charge is 0.119 e. The van der Waals surface area contributed by atoms with E-state index in [-0.39, 0.29) is 0 Å². The molecule has 2 aromatic carbocycles. The zero-order chi connectivity index (χ0) is 16.6. The summed E-state index contributed by atoms with van der Waals surface area (Å²) in [5, 5.41) is 0. The first-order chi connectivity index (χ1) is 11.9. The second kappa shape index (κ2) is 8.92. The molecule has 0 radical (unpaired) electrons. The van der Waals surface area contributed by atoms with E-state index in [0.717, 1.165) is 24.7 Å². The Kier molecular flexibility index (Phi) is 6.34. The van der Waals surface area contributed by atoms with E-state index in [9.17, 15) is 0 Å². The van der Waals surface area contributed by atoms with Gasteiger partial charge >= 0.3 is 0 Å². The maximum absolute atomic E-state index is 5.80. The van der Waals surface area contributed by atoms with Gasteiger partial charge in [0.15, 0.2) is 0 Å². The molecule has 128 valence electrons. The molecule has 0 aromatic heterocycles. The summed E-state index contributed by atoms with van der Waals surface area (Å²) < 4.78 is 5.80. The average Bonchev–Trinajstić information content (AvgIpc) is 2.67. The second-order valence-electron chi connectivity index (χ2n) is 7.04. The fourth-order valence-corrected chi connectivity index (χ4v) is 3.67. The van der Waals surface area contributed by atoms with Gasteiger partial charge in [0, 0.05) is 0 Å². The van der Waals surface area contributed by atoms with E-state index in [1.807, 2.05) is 0 Å². The molecular weight excluding hydrogens is 292 g/mol. The van der Waals surface area contributed by atoms with E-state index >= 15 is 0 Å². The van der Waals surface area contributed by atoms with Gasteiger partial charge in [-0.15, -0.1) is 0 Å². The third-order valence-electron chi connectivity index (χ3n) is 5.19. The lowest BCUT2D eigenvalue weighted by Crippen LogP contribution is -2.04. The van der Waals surface area contributed by atoms with E-state index in [2.05, 4.69) is 55.5 Å². The number of rotatable bonds is 7. The van der Waals surface area contributed by atoms with Crippen molar-refractivity contribution in [1.29, 1.82) is 0 Å². The van der Waals surface area contributed by atoms with Gasteiger partial charge in [0.2, 0.25) is 0 Å². The van der Waals surface area contributed by atoms with Crippen LogP contribution in [0.5, 0.6) is 5.75 Å². The lowest BCUT2D eigenvalue weighted by Gasteiger charge is -2.22. The quantitative estimate of drug-likeness (QED) is 0.500. The van der Waals surface area contributed by atoms with Crippen LogP contribution in [0.1, 0.15) is 69.8 Å². The highest BCUT2D eigenvalue weighted by atomic mass is 16.5. The monoisotopic (exact) mass is 322 g/mol. The van der Waals surface area contributed by atoms with Gasteiger partial charge in [-0.25, -0.2) is 0 Å². The highest BCUT2D eigenvalue weighted by Gasteiger charge is 2.15. The average molecular weight is 322 g/mol. The molecule has 1 aliphatic carbocycles. The first kappa shape index (κ1) is 17.1. The van der Waals surface area contributed by atoms with Crippen molar-refractivity contribution in [2.24, 2.45) is 0 Å². The number of unbranched alkanes of at least 4 members (excludes halogenated alkanes) is 2. The highest BCUT2D eigenvalue weighted by Crippen LogP contribution is 2.33. The standard InChI is InChI=1S/C23H30O/c1-2-3-7-18-24-23-16-14-22(15-17-23)21-12-10-20(11-13-21)19-8-5-4-6-9-19/h10-17,19H,2-9,18H2,1H3. The molecule has 1 heteroatoms. The largest absolute Gasteiger partial charge is 0.494 e. The van der Waals surface area contributed by atoms with Crippen LogP contribution in [-0.2, 0) is 0 Å². The fraction of sp³-hybridized carbons (Fsp3) is 0.478. The highest BCUT2D eigenvalue weighted by molar-refractivity contribution is 5.64. The maximum Gasteiger partial charge on any atom is 0.119 e. The van der Waals surface area contributed by atoms with Gasteiger partial charge in [-0.2, -0.15) is 0 Å². The molecule has 0 heterocycles. The molecule has 24 heavy (non-hydrogen) atoms. The molecule has 0 unspecified atom stereocenters. The molecule has 1 nitrogen and oxygen atoms in total. The number of ether oxygens (including phenoxy) is 1. The van der Waals surface area contributed by atoms with Crippen molar-refractivity contribution in [3.05, 3.63) is 54.1 Å². The molecule has 0 amide bonds. The second-order valence-corrected chi connectivity index (χ2v) is 7.04. The summed E-state index contributed by atoms with van der Waals surface area (Å²) in [7, 11) is 0. The Morgan fingerprint density at radius 1 is 0.792 bits per heavy atom. The van der Waals surface area contributed by atoms with Gasteiger partial charge in [0.05, 0.1) is 6.61 Å². The summed E-state index contributed by atoms with van der Waals surface area (Å²) in [4.78, 5) is 0. The molecule has 0 N–H and O–H groups in total. The Labute approximate surface area is 147 Å². The Bertz CT molecular complexity index is 591. The number of hydrogen-bond acceptors (Lipinski definition) is 1. The summed E-state index contributed by atoms with van der Waals surface area (Å²) in [6.45, 7) is 3.04. The zero-order valence-electron chi connectivity index (χ0n) is 15.0. The van der Waals surface area contributed by atoms with Crippen molar-refractivity contribution in [2.45, 2.75) is 64.2 Å². The first-order valence-electron chi connectivity index (χ1n) is 9.70. The van der Waals surface area contributed by atoms with Crippen LogP contribution in [0.4, 0.5) is 0 Å². The van der Waals surface area contributed by atoms with Crippen LogP contribution in [0.25, 0.3) is 11.1 Å². The molecule has 0 spiro atoms. The topological polar surface area (TPSA) is 9.23 Å². The van der Waals surface area contributed by atoms with Crippen molar-refractivity contribution in [3.8, 4) is 16.9 Å². The van der Waals surface area contributed by atoms with Gasteiger partial charge in [-0.3, -0.25) is 0 Å². The molecule has 1 fully saturated rings. The Morgan fingerprint density at radius 3 is 2.04 bits per heavy atom. The van der Waals surface area contributed by atoms with Gasteiger partial charge in [0.25, 0.3) is 0 Å². The lowest BCUT2D eigenvalue weighted by molar-refractivity contribution is 0.306. The molecule has 1 saturated carbocycles.